The van der Waals surface area contributed by atoms with E-state index in [1.54, 1.807) is 50.2 Å². The number of nitrogens with zero attached hydrogens (tertiary/aromatic N) is 2. The summed E-state index contributed by atoms with van der Waals surface area (Å²) >= 11 is 0. The van der Waals surface area contributed by atoms with Gasteiger partial charge < -0.3 is 15.4 Å². The molecule has 0 spiro atoms. The van der Waals surface area contributed by atoms with Gasteiger partial charge in [0, 0.05) is 18.8 Å². The van der Waals surface area contributed by atoms with Gasteiger partial charge in [0.1, 0.15) is 5.75 Å². The van der Waals surface area contributed by atoms with Gasteiger partial charge in [-0.1, -0.05) is 0 Å². The van der Waals surface area contributed by atoms with Crippen LogP contribution in [-0.4, -0.2) is 67.5 Å². The zero-order valence-electron chi connectivity index (χ0n) is 14.0. The monoisotopic (exact) mass is 334 g/mol. The minimum absolute atomic E-state index is 0.0361. The fourth-order valence-corrected chi connectivity index (χ4v) is 2.33. The first kappa shape index (κ1) is 17.7. The van der Waals surface area contributed by atoms with Gasteiger partial charge in [0.05, 0.1) is 19.7 Å². The number of rotatable bonds is 6. The van der Waals surface area contributed by atoms with Crippen LogP contribution in [0, 0.1) is 0 Å². The van der Waals surface area contributed by atoms with E-state index < -0.39 is 6.04 Å². The first-order valence-corrected chi connectivity index (χ1v) is 7.65. The molecule has 0 radical (unpaired) electrons. The van der Waals surface area contributed by atoms with Crippen LogP contribution in [0.25, 0.3) is 0 Å². The zero-order valence-corrected chi connectivity index (χ0v) is 14.0. The average molecular weight is 334 g/mol. The molecule has 1 heterocycles. The minimum Gasteiger partial charge on any atom is -0.497 e. The van der Waals surface area contributed by atoms with E-state index in [9.17, 15) is 14.4 Å². The molecule has 0 unspecified atom stereocenters. The molecule has 0 bridgehead atoms. The lowest BCUT2D eigenvalue weighted by Crippen LogP contribution is -2.48. The van der Waals surface area contributed by atoms with Crippen LogP contribution in [0.4, 0.5) is 10.5 Å². The highest BCUT2D eigenvalue weighted by Gasteiger charge is 2.31. The van der Waals surface area contributed by atoms with Gasteiger partial charge in [0.25, 0.3) is 0 Å². The Morgan fingerprint density at radius 3 is 2.58 bits per heavy atom. The molecule has 8 heteroatoms. The fraction of sp³-hybridized carbons (Fsp3) is 0.438. The molecule has 1 aliphatic rings. The predicted molar refractivity (Wildman–Crippen MR) is 88.8 cm³/mol. The Morgan fingerprint density at radius 1 is 1.38 bits per heavy atom. The summed E-state index contributed by atoms with van der Waals surface area (Å²) in [4.78, 5) is 38.7. The lowest BCUT2D eigenvalue weighted by atomic mass is 10.2. The summed E-state index contributed by atoms with van der Waals surface area (Å²) in [5, 5.41) is 5.34. The predicted octanol–water partition coefficient (Wildman–Crippen LogP) is 0.506. The maximum Gasteiger partial charge on any atom is 0.324 e. The summed E-state index contributed by atoms with van der Waals surface area (Å²) in [5.41, 5.74) is 0.645. The maximum absolute atomic E-state index is 12.3. The van der Waals surface area contributed by atoms with Crippen LogP contribution in [-0.2, 0) is 9.59 Å². The molecular formula is C16H22N4O4. The van der Waals surface area contributed by atoms with Gasteiger partial charge in [0.15, 0.2) is 0 Å². The largest absolute Gasteiger partial charge is 0.497 e. The molecule has 1 aromatic rings. The summed E-state index contributed by atoms with van der Waals surface area (Å²) in [7, 11) is 3.24. The quantitative estimate of drug-likeness (QED) is 0.791. The number of hydrogen-bond acceptors (Lipinski definition) is 5. The van der Waals surface area contributed by atoms with Crippen molar-refractivity contribution in [3.05, 3.63) is 24.3 Å². The van der Waals surface area contributed by atoms with E-state index in [0.29, 0.717) is 24.5 Å². The molecule has 1 fully saturated rings. The smallest absolute Gasteiger partial charge is 0.324 e. The molecule has 2 rings (SSSR count). The van der Waals surface area contributed by atoms with Crippen LogP contribution in [0.5, 0.6) is 5.75 Å². The number of methoxy groups -OCH3 is 1. The van der Waals surface area contributed by atoms with E-state index in [-0.39, 0.29) is 24.4 Å². The van der Waals surface area contributed by atoms with E-state index in [4.69, 9.17) is 4.74 Å². The lowest BCUT2D eigenvalue weighted by molar-refractivity contribution is -0.132. The number of carbonyl (C=O) groups is 3. The molecule has 4 amide bonds. The first-order chi connectivity index (χ1) is 11.4. The Balaban J connectivity index is 1.87. The van der Waals surface area contributed by atoms with E-state index in [1.807, 2.05) is 0 Å². The summed E-state index contributed by atoms with van der Waals surface area (Å²) < 4.78 is 5.06. The molecule has 1 saturated heterocycles. The highest BCUT2D eigenvalue weighted by Crippen LogP contribution is 2.15. The molecule has 1 aliphatic heterocycles. The highest BCUT2D eigenvalue weighted by atomic mass is 16.5. The Hall–Kier alpha value is -2.61. The number of likely N-dealkylation sites (N-methyl/N-ethyl adjacent to an activating group) is 1. The Morgan fingerprint density at radius 2 is 2.04 bits per heavy atom. The fourth-order valence-electron chi connectivity index (χ4n) is 2.33. The van der Waals surface area contributed by atoms with Gasteiger partial charge in [-0.05, 0) is 38.2 Å². The summed E-state index contributed by atoms with van der Waals surface area (Å²) in [6, 6.07) is 6.01. The number of anilines is 1. The second-order valence-corrected chi connectivity index (χ2v) is 5.59. The average Bonchev–Trinajstić information content (AvgIpc) is 3.00. The molecular weight excluding hydrogens is 312 g/mol. The molecule has 8 nitrogen and oxygen atoms in total. The van der Waals surface area contributed by atoms with Crippen LogP contribution in [0.15, 0.2) is 24.3 Å². The van der Waals surface area contributed by atoms with Crippen molar-refractivity contribution in [1.82, 2.24) is 15.1 Å². The van der Waals surface area contributed by atoms with Crippen molar-refractivity contribution in [2.75, 3.05) is 39.1 Å². The number of carbonyl (C=O) groups excluding carboxylic acids is 3. The van der Waals surface area contributed by atoms with Gasteiger partial charge >= 0.3 is 6.03 Å². The molecule has 1 aromatic carbocycles. The second-order valence-electron chi connectivity index (χ2n) is 5.59. The van der Waals surface area contributed by atoms with Gasteiger partial charge in [-0.3, -0.25) is 19.4 Å². The van der Waals surface area contributed by atoms with Crippen LogP contribution in [0.2, 0.25) is 0 Å². The Labute approximate surface area is 140 Å². The number of amides is 4. The second kappa shape index (κ2) is 7.78. The van der Waals surface area contributed by atoms with Crippen LogP contribution in [0.1, 0.15) is 6.92 Å². The summed E-state index contributed by atoms with van der Waals surface area (Å²) in [6.07, 6.45) is 0. The summed E-state index contributed by atoms with van der Waals surface area (Å²) in [5.74, 6) is 0.145. The molecule has 0 aliphatic carbocycles. The first-order valence-electron chi connectivity index (χ1n) is 7.65. The van der Waals surface area contributed by atoms with Crippen molar-refractivity contribution < 1.29 is 19.1 Å². The van der Waals surface area contributed by atoms with E-state index >= 15 is 0 Å². The molecule has 1 atom stereocenters. The van der Waals surface area contributed by atoms with Gasteiger partial charge in [0.2, 0.25) is 11.8 Å². The van der Waals surface area contributed by atoms with E-state index in [2.05, 4.69) is 10.6 Å². The topological polar surface area (TPSA) is 91.0 Å². The summed E-state index contributed by atoms with van der Waals surface area (Å²) in [6.45, 7) is 2.52. The Bertz CT molecular complexity index is 617. The third-order valence-corrected chi connectivity index (χ3v) is 3.91. The standard InChI is InChI=1S/C16H22N4O4/c1-11(15(22)20-9-8-17-16(20)23)19(2)10-14(21)18-12-4-6-13(24-3)7-5-12/h4-7,11H,8-10H2,1-3H3,(H,17,23)(H,18,21)/t11-/m0/s1. The van der Waals surface area contributed by atoms with Crippen molar-refractivity contribution >= 4 is 23.5 Å². The minimum atomic E-state index is -0.574. The highest BCUT2D eigenvalue weighted by molar-refractivity contribution is 5.98. The van der Waals surface area contributed by atoms with Crippen molar-refractivity contribution in [2.24, 2.45) is 0 Å². The third kappa shape index (κ3) is 4.23. The molecule has 0 aromatic heterocycles. The zero-order chi connectivity index (χ0) is 17.7. The number of nitrogens with one attached hydrogen (secondary N) is 2. The van der Waals surface area contributed by atoms with Crippen LogP contribution in [0.3, 0.4) is 0 Å². The molecule has 24 heavy (non-hydrogen) atoms. The SMILES string of the molecule is COc1ccc(NC(=O)CN(C)[C@@H](C)C(=O)N2CCNC2=O)cc1. The Kier molecular flexibility index (Phi) is 5.75. The maximum atomic E-state index is 12.3. The number of ether oxygens (including phenoxy) is 1. The van der Waals surface area contributed by atoms with Crippen molar-refractivity contribution in [2.45, 2.75) is 13.0 Å². The van der Waals surface area contributed by atoms with Crippen LogP contribution >= 0.6 is 0 Å². The number of benzene rings is 1. The van der Waals surface area contributed by atoms with Gasteiger partial charge in [-0.15, -0.1) is 0 Å². The van der Waals surface area contributed by atoms with Crippen molar-refractivity contribution in [3.8, 4) is 5.75 Å². The van der Waals surface area contributed by atoms with E-state index in [0.717, 1.165) is 0 Å². The van der Waals surface area contributed by atoms with Gasteiger partial charge in [-0.25, -0.2) is 4.79 Å². The number of urea groups is 1. The molecule has 2 N–H and O–H groups in total. The van der Waals surface area contributed by atoms with E-state index in [1.165, 1.54) is 4.90 Å². The van der Waals surface area contributed by atoms with Gasteiger partial charge in [-0.2, -0.15) is 0 Å². The molecule has 130 valence electrons. The number of hydrogen-bond donors (Lipinski definition) is 2. The van der Waals surface area contributed by atoms with Crippen molar-refractivity contribution in [3.63, 3.8) is 0 Å². The molecule has 0 saturated carbocycles. The van der Waals surface area contributed by atoms with Crippen LogP contribution < -0.4 is 15.4 Å². The number of imide groups is 1. The third-order valence-electron chi connectivity index (χ3n) is 3.91. The van der Waals surface area contributed by atoms with Crippen molar-refractivity contribution in [1.29, 1.82) is 0 Å². The normalized spacial score (nSPS) is 15.2. The lowest BCUT2D eigenvalue weighted by Gasteiger charge is -2.26.